The van der Waals surface area contributed by atoms with Crippen LogP contribution in [0.5, 0.6) is 0 Å². The molecule has 0 unspecified atom stereocenters. The number of nitrogens with zero attached hydrogens (tertiary/aromatic N) is 4. The molecule has 3 heterocycles. The molecule has 0 bridgehead atoms. The van der Waals surface area contributed by atoms with Crippen LogP contribution in [-0.4, -0.2) is 59.2 Å². The molecule has 2 aromatic heterocycles. The van der Waals surface area contributed by atoms with E-state index in [0.29, 0.717) is 77.1 Å². The van der Waals surface area contributed by atoms with Gasteiger partial charge in [0.15, 0.2) is 5.65 Å². The monoisotopic (exact) mass is 656 g/mol. The topological polar surface area (TPSA) is 101 Å². The van der Waals surface area contributed by atoms with Gasteiger partial charge in [-0.05, 0) is 54.9 Å². The van der Waals surface area contributed by atoms with Crippen LogP contribution < -0.4 is 15.5 Å². The van der Waals surface area contributed by atoms with Crippen molar-refractivity contribution in [2.24, 2.45) is 23.8 Å². The van der Waals surface area contributed by atoms with E-state index in [4.69, 9.17) is 37.9 Å². The fourth-order valence-electron chi connectivity index (χ4n) is 6.17. The molecule has 2 N–H and O–H groups in total. The summed E-state index contributed by atoms with van der Waals surface area (Å²) in [5, 5.41) is 7.27. The molecule has 1 aliphatic heterocycles. The number of pyridine rings is 1. The number of halogens is 2. The van der Waals surface area contributed by atoms with E-state index < -0.39 is 5.41 Å². The van der Waals surface area contributed by atoms with Gasteiger partial charge in [-0.2, -0.15) is 0 Å². The van der Waals surface area contributed by atoms with Crippen LogP contribution in [0.1, 0.15) is 87.6 Å². The highest BCUT2D eigenvalue weighted by Crippen LogP contribution is 2.34. The van der Waals surface area contributed by atoms with Crippen molar-refractivity contribution < 1.29 is 14.3 Å². The van der Waals surface area contributed by atoms with Crippen molar-refractivity contribution in [2.75, 3.05) is 31.7 Å². The first-order chi connectivity index (χ1) is 21.1. The molecule has 244 valence electrons. The van der Waals surface area contributed by atoms with Crippen molar-refractivity contribution in [3.05, 3.63) is 50.8 Å². The summed E-state index contributed by atoms with van der Waals surface area (Å²) in [6, 6.07) is 5.65. The Morgan fingerprint density at radius 2 is 1.82 bits per heavy atom. The summed E-state index contributed by atoms with van der Waals surface area (Å²) in [6.45, 7) is 12.4. The summed E-state index contributed by atoms with van der Waals surface area (Å²) in [5.41, 5.74) is 2.81. The molecular formula is C34H46Cl2N6O3. The van der Waals surface area contributed by atoms with Gasteiger partial charge in [0.05, 0.1) is 23.8 Å². The first kappa shape index (κ1) is 33.5. The third-order valence-corrected chi connectivity index (χ3v) is 9.94. The second kappa shape index (κ2) is 13.1. The van der Waals surface area contributed by atoms with Crippen LogP contribution in [0.15, 0.2) is 18.2 Å². The zero-order chi connectivity index (χ0) is 32.7. The Labute approximate surface area is 276 Å². The van der Waals surface area contributed by atoms with E-state index in [1.165, 1.54) is 0 Å². The molecule has 0 atom stereocenters. The average Bonchev–Trinajstić information content (AvgIpc) is 3.27. The number of rotatable bonds is 9. The summed E-state index contributed by atoms with van der Waals surface area (Å²) in [7, 11) is 3.90. The Hall–Kier alpha value is -2.88. The Bertz CT molecular complexity index is 1580. The molecule has 2 aliphatic rings. The van der Waals surface area contributed by atoms with Gasteiger partial charge in [-0.1, -0.05) is 63.9 Å². The number of carbonyl (C=O) groups is 2. The minimum absolute atomic E-state index is 0.00112. The van der Waals surface area contributed by atoms with Gasteiger partial charge < -0.3 is 24.8 Å². The van der Waals surface area contributed by atoms with E-state index in [1.807, 2.05) is 51.6 Å². The van der Waals surface area contributed by atoms with Crippen LogP contribution in [0.25, 0.3) is 11.2 Å². The number of hydrogen-bond donors (Lipinski definition) is 2. The molecule has 0 radical (unpaired) electrons. The molecule has 2 amide bonds. The number of aromatic nitrogens is 3. The van der Waals surface area contributed by atoms with E-state index in [9.17, 15) is 9.59 Å². The van der Waals surface area contributed by atoms with Crippen molar-refractivity contribution in [2.45, 2.75) is 79.3 Å². The molecular weight excluding hydrogens is 611 g/mol. The van der Waals surface area contributed by atoms with Gasteiger partial charge in [0.1, 0.15) is 17.2 Å². The molecule has 1 aromatic carbocycles. The fraction of sp³-hybridized carbons (Fsp3) is 0.588. The predicted octanol–water partition coefficient (Wildman–Crippen LogP) is 6.31. The number of aryl methyl sites for hydroxylation is 1. The maximum absolute atomic E-state index is 13.8. The maximum atomic E-state index is 13.8. The molecule has 1 saturated heterocycles. The zero-order valence-corrected chi connectivity index (χ0v) is 29.0. The number of amides is 2. The molecule has 3 aromatic rings. The van der Waals surface area contributed by atoms with Crippen LogP contribution in [0.4, 0.5) is 5.82 Å². The van der Waals surface area contributed by atoms with Gasteiger partial charge in [0.2, 0.25) is 5.91 Å². The molecule has 1 saturated carbocycles. The number of imidazole rings is 1. The van der Waals surface area contributed by atoms with Crippen LogP contribution >= 0.6 is 23.2 Å². The van der Waals surface area contributed by atoms with Gasteiger partial charge in [-0.15, -0.1) is 0 Å². The lowest BCUT2D eigenvalue weighted by Crippen LogP contribution is -2.48. The first-order valence-electron chi connectivity index (χ1n) is 15.9. The van der Waals surface area contributed by atoms with Gasteiger partial charge >= 0.3 is 0 Å². The highest BCUT2D eigenvalue weighted by atomic mass is 35.5. The Balaban J connectivity index is 1.47. The highest BCUT2D eigenvalue weighted by Gasteiger charge is 2.36. The van der Waals surface area contributed by atoms with E-state index >= 15 is 0 Å². The van der Waals surface area contributed by atoms with Crippen LogP contribution in [0.2, 0.25) is 10.0 Å². The maximum Gasteiger partial charge on any atom is 0.255 e. The number of nitrogens with one attached hydrogen (secondary N) is 2. The van der Waals surface area contributed by atoms with Crippen molar-refractivity contribution >= 4 is 52.0 Å². The molecule has 1 aliphatic carbocycles. The minimum Gasteiger partial charge on any atom is -0.380 e. The molecule has 0 spiro atoms. The molecule has 45 heavy (non-hydrogen) atoms. The smallest absolute Gasteiger partial charge is 0.255 e. The third-order valence-electron chi connectivity index (χ3n) is 9.12. The summed E-state index contributed by atoms with van der Waals surface area (Å²) < 4.78 is 7.43. The number of hydrogen-bond acceptors (Lipinski definition) is 6. The lowest BCUT2D eigenvalue weighted by atomic mass is 9.87. The second-order valence-corrected chi connectivity index (χ2v) is 15.3. The lowest BCUT2D eigenvalue weighted by molar-refractivity contribution is -0.128. The minimum atomic E-state index is -0.511. The van der Waals surface area contributed by atoms with E-state index in [-0.39, 0.29) is 23.3 Å². The van der Waals surface area contributed by atoms with Crippen LogP contribution in [-0.2, 0) is 29.5 Å². The van der Waals surface area contributed by atoms with E-state index in [0.717, 1.165) is 36.8 Å². The Morgan fingerprint density at radius 3 is 2.44 bits per heavy atom. The van der Waals surface area contributed by atoms with Gasteiger partial charge in [0, 0.05) is 55.5 Å². The van der Waals surface area contributed by atoms with Crippen molar-refractivity contribution in [1.82, 2.24) is 25.2 Å². The molecule has 11 heteroatoms. The predicted molar refractivity (Wildman–Crippen MR) is 180 cm³/mol. The van der Waals surface area contributed by atoms with Crippen molar-refractivity contribution in [3.8, 4) is 0 Å². The average molecular weight is 658 g/mol. The molecule has 9 nitrogen and oxygen atoms in total. The van der Waals surface area contributed by atoms with Crippen molar-refractivity contribution in [3.63, 3.8) is 0 Å². The zero-order valence-electron chi connectivity index (χ0n) is 27.5. The molecule has 2 fully saturated rings. The Kier molecular flexibility index (Phi) is 9.74. The largest absolute Gasteiger partial charge is 0.380 e. The van der Waals surface area contributed by atoms with Crippen LogP contribution in [0, 0.1) is 16.7 Å². The summed E-state index contributed by atoms with van der Waals surface area (Å²) >= 11 is 13.5. The Morgan fingerprint density at radius 1 is 1.13 bits per heavy atom. The third kappa shape index (κ3) is 7.42. The molecule has 5 rings (SSSR count). The second-order valence-electron chi connectivity index (χ2n) is 14.5. The number of anilines is 1. The van der Waals surface area contributed by atoms with Gasteiger partial charge in [-0.3, -0.25) is 9.59 Å². The fourth-order valence-corrected chi connectivity index (χ4v) is 6.74. The lowest BCUT2D eigenvalue weighted by Gasteiger charge is -2.41. The van der Waals surface area contributed by atoms with Gasteiger partial charge in [0.25, 0.3) is 5.91 Å². The van der Waals surface area contributed by atoms with E-state index in [1.54, 1.807) is 6.07 Å². The highest BCUT2D eigenvalue weighted by molar-refractivity contribution is 6.36. The van der Waals surface area contributed by atoms with Gasteiger partial charge in [-0.25, -0.2) is 9.97 Å². The van der Waals surface area contributed by atoms with E-state index in [2.05, 4.69) is 29.4 Å². The quantitative estimate of drug-likeness (QED) is 0.280. The summed E-state index contributed by atoms with van der Waals surface area (Å²) in [6.07, 6.45) is 4.56. The first-order valence-corrected chi connectivity index (χ1v) is 16.6. The summed E-state index contributed by atoms with van der Waals surface area (Å²) in [5.74, 6) is 1.85. The standard InChI is InChI=1S/C34H46Cl2N6O3/c1-20-8-11-22(12-9-20)38-31(43)24-14-26-30(40-29(24)41(6)17-34(5)18-45-19-34)42(7)27(39-26)15-23-25(35)13-10-21(28(23)36)16-37-32(44)33(2,3)4/h10,13-14,20,22H,8-9,11-12,15-19H2,1-7H3,(H,37,44)(H,38,43). The van der Waals surface area contributed by atoms with Crippen LogP contribution in [0.3, 0.4) is 0 Å². The number of carbonyl (C=O) groups excluding carboxylic acids is 2. The SMILES string of the molecule is CC1CCC(NC(=O)c2cc3nc(Cc4c(Cl)ccc(CNC(=O)C(C)(C)C)c4Cl)n(C)c3nc2N(C)CC2(C)COC2)CC1. The normalized spacial score (nSPS) is 19.7. The number of ether oxygens (including phenoxy) is 1. The summed E-state index contributed by atoms with van der Waals surface area (Å²) in [4.78, 5) is 38.3. The van der Waals surface area contributed by atoms with Crippen molar-refractivity contribution in [1.29, 1.82) is 0 Å². The number of fused-ring (bicyclic) bond motifs is 1. The number of benzene rings is 1.